The highest BCUT2D eigenvalue weighted by Crippen LogP contribution is 2.13. The van der Waals surface area contributed by atoms with E-state index in [1.54, 1.807) is 12.1 Å². The van der Waals surface area contributed by atoms with E-state index in [9.17, 15) is 14.0 Å². The second-order valence-corrected chi connectivity index (χ2v) is 5.01. The first-order valence-electron chi connectivity index (χ1n) is 5.68. The molecule has 2 rings (SSSR count). The number of hydrogen-bond donors (Lipinski definition) is 1. The van der Waals surface area contributed by atoms with Crippen LogP contribution in [0, 0.1) is 5.82 Å². The van der Waals surface area contributed by atoms with Gasteiger partial charge in [0, 0.05) is 0 Å². The van der Waals surface area contributed by atoms with E-state index in [0.717, 1.165) is 5.56 Å². The standard InChI is InChI=1S/C12H12FN3O2S/c1-2-19-12-15-10(17)14-11(18)16(12)7-8-3-5-9(13)6-4-8/h3-6H,2,7H2,1H3,(H,14,17,18). The minimum absolute atomic E-state index is 0.241. The lowest BCUT2D eigenvalue weighted by Crippen LogP contribution is -2.33. The Bertz CT molecular complexity index is 679. The molecule has 1 aromatic carbocycles. The number of nitrogens with one attached hydrogen (secondary N) is 1. The Kier molecular flexibility index (Phi) is 4.16. The van der Waals surface area contributed by atoms with Gasteiger partial charge in [0.2, 0.25) is 0 Å². The lowest BCUT2D eigenvalue weighted by atomic mass is 10.2. The van der Waals surface area contributed by atoms with Gasteiger partial charge in [-0.1, -0.05) is 30.8 Å². The van der Waals surface area contributed by atoms with E-state index < -0.39 is 11.4 Å². The number of halogens is 1. The first-order valence-corrected chi connectivity index (χ1v) is 6.67. The molecular weight excluding hydrogens is 269 g/mol. The molecule has 0 aliphatic carbocycles. The summed E-state index contributed by atoms with van der Waals surface area (Å²) < 4.78 is 14.2. The topological polar surface area (TPSA) is 67.8 Å². The molecule has 2 aromatic rings. The summed E-state index contributed by atoms with van der Waals surface area (Å²) >= 11 is 1.31. The van der Waals surface area contributed by atoms with Crippen LogP contribution in [-0.2, 0) is 6.54 Å². The zero-order chi connectivity index (χ0) is 13.8. The highest BCUT2D eigenvalue weighted by molar-refractivity contribution is 7.99. The first-order chi connectivity index (χ1) is 9.10. The van der Waals surface area contributed by atoms with Crippen molar-refractivity contribution in [2.45, 2.75) is 18.6 Å². The molecule has 0 amide bonds. The van der Waals surface area contributed by atoms with E-state index >= 15 is 0 Å². The van der Waals surface area contributed by atoms with E-state index in [1.807, 2.05) is 6.92 Å². The lowest BCUT2D eigenvalue weighted by Gasteiger charge is -2.09. The zero-order valence-electron chi connectivity index (χ0n) is 10.2. The maximum absolute atomic E-state index is 12.8. The molecule has 0 fully saturated rings. The Labute approximate surface area is 112 Å². The molecule has 0 bridgehead atoms. The summed E-state index contributed by atoms with van der Waals surface area (Å²) in [6, 6.07) is 5.83. The summed E-state index contributed by atoms with van der Waals surface area (Å²) in [5.74, 6) is 0.359. The molecule has 19 heavy (non-hydrogen) atoms. The third-order valence-corrected chi connectivity index (χ3v) is 3.27. The van der Waals surface area contributed by atoms with E-state index in [1.165, 1.54) is 28.5 Å². The van der Waals surface area contributed by atoms with Gasteiger partial charge in [0.15, 0.2) is 5.16 Å². The minimum Gasteiger partial charge on any atom is -0.268 e. The number of benzene rings is 1. The zero-order valence-corrected chi connectivity index (χ0v) is 11.0. The fraction of sp³-hybridized carbons (Fsp3) is 0.250. The van der Waals surface area contributed by atoms with Gasteiger partial charge >= 0.3 is 11.4 Å². The summed E-state index contributed by atoms with van der Waals surface area (Å²) in [4.78, 5) is 28.9. The molecule has 0 unspecified atom stereocenters. The monoisotopic (exact) mass is 281 g/mol. The van der Waals surface area contributed by atoms with Crippen LogP contribution in [0.15, 0.2) is 39.0 Å². The maximum atomic E-state index is 12.8. The Morgan fingerprint density at radius 3 is 2.63 bits per heavy atom. The molecule has 0 atom stereocenters. The Hall–Kier alpha value is -1.89. The van der Waals surface area contributed by atoms with Crippen LogP contribution in [0.1, 0.15) is 12.5 Å². The average molecular weight is 281 g/mol. The van der Waals surface area contributed by atoms with E-state index in [-0.39, 0.29) is 12.4 Å². The van der Waals surface area contributed by atoms with Crippen molar-refractivity contribution >= 4 is 11.8 Å². The van der Waals surface area contributed by atoms with Crippen molar-refractivity contribution < 1.29 is 4.39 Å². The summed E-state index contributed by atoms with van der Waals surface area (Å²) in [6.07, 6.45) is 0. The van der Waals surface area contributed by atoms with Crippen LogP contribution in [0.25, 0.3) is 0 Å². The number of thioether (sulfide) groups is 1. The van der Waals surface area contributed by atoms with Crippen molar-refractivity contribution in [3.8, 4) is 0 Å². The molecule has 1 heterocycles. The fourth-order valence-corrected chi connectivity index (χ4v) is 2.28. The first kappa shape index (κ1) is 13.5. The number of hydrogen-bond acceptors (Lipinski definition) is 4. The third-order valence-electron chi connectivity index (χ3n) is 2.41. The highest BCUT2D eigenvalue weighted by atomic mass is 32.2. The van der Waals surface area contributed by atoms with Crippen LogP contribution in [0.2, 0.25) is 0 Å². The molecule has 0 saturated heterocycles. The Morgan fingerprint density at radius 2 is 2.00 bits per heavy atom. The quantitative estimate of drug-likeness (QED) is 0.856. The van der Waals surface area contributed by atoms with Gasteiger partial charge in [-0.05, 0) is 23.4 Å². The predicted octanol–water partition coefficient (Wildman–Crippen LogP) is 1.23. The largest absolute Gasteiger partial charge is 0.351 e. The van der Waals surface area contributed by atoms with Crippen molar-refractivity contribution in [1.29, 1.82) is 0 Å². The molecule has 0 saturated carbocycles. The lowest BCUT2D eigenvalue weighted by molar-refractivity contribution is 0.598. The highest BCUT2D eigenvalue weighted by Gasteiger charge is 2.08. The second-order valence-electron chi connectivity index (χ2n) is 3.78. The van der Waals surface area contributed by atoms with Gasteiger partial charge in [0.25, 0.3) is 0 Å². The summed E-state index contributed by atoms with van der Waals surface area (Å²) in [5, 5.41) is 0.362. The maximum Gasteiger partial charge on any atom is 0.351 e. The van der Waals surface area contributed by atoms with Crippen LogP contribution < -0.4 is 11.4 Å². The molecular formula is C12H12FN3O2S. The van der Waals surface area contributed by atoms with E-state index in [2.05, 4.69) is 9.97 Å². The van der Waals surface area contributed by atoms with Crippen molar-refractivity contribution in [3.63, 3.8) is 0 Å². The number of aromatic nitrogens is 3. The molecule has 0 aliphatic heterocycles. The van der Waals surface area contributed by atoms with Gasteiger partial charge in [-0.2, -0.15) is 4.98 Å². The molecule has 0 aliphatic rings. The summed E-state index contributed by atoms with van der Waals surface area (Å²) in [5.41, 5.74) is -0.410. The molecule has 100 valence electrons. The summed E-state index contributed by atoms with van der Waals surface area (Å²) in [7, 11) is 0. The molecule has 0 radical (unpaired) electrons. The molecule has 0 spiro atoms. The van der Waals surface area contributed by atoms with Crippen LogP contribution in [0.5, 0.6) is 0 Å². The number of nitrogens with zero attached hydrogens (tertiary/aromatic N) is 2. The Morgan fingerprint density at radius 1 is 1.32 bits per heavy atom. The van der Waals surface area contributed by atoms with Crippen molar-refractivity contribution in [2.24, 2.45) is 0 Å². The minimum atomic E-state index is -0.656. The molecule has 7 heteroatoms. The molecule has 1 N–H and O–H groups in total. The fourth-order valence-electron chi connectivity index (χ4n) is 1.57. The van der Waals surface area contributed by atoms with Gasteiger partial charge < -0.3 is 0 Å². The average Bonchev–Trinajstić information content (AvgIpc) is 2.36. The van der Waals surface area contributed by atoms with Crippen molar-refractivity contribution in [3.05, 3.63) is 56.6 Å². The normalized spacial score (nSPS) is 10.6. The van der Waals surface area contributed by atoms with Gasteiger partial charge in [0.05, 0.1) is 6.54 Å². The Balaban J connectivity index is 2.41. The molecule has 5 nitrogen and oxygen atoms in total. The van der Waals surface area contributed by atoms with Crippen molar-refractivity contribution in [2.75, 3.05) is 5.75 Å². The van der Waals surface area contributed by atoms with E-state index in [4.69, 9.17) is 0 Å². The molecule has 1 aromatic heterocycles. The summed E-state index contributed by atoms with van der Waals surface area (Å²) in [6.45, 7) is 2.14. The number of aromatic amines is 1. The smallest absolute Gasteiger partial charge is 0.268 e. The second kappa shape index (κ2) is 5.83. The third kappa shape index (κ3) is 3.31. The van der Waals surface area contributed by atoms with Crippen LogP contribution >= 0.6 is 11.8 Å². The van der Waals surface area contributed by atoms with Crippen LogP contribution in [-0.4, -0.2) is 20.3 Å². The van der Waals surface area contributed by atoms with Crippen LogP contribution in [0.4, 0.5) is 4.39 Å². The number of H-pyrrole nitrogens is 1. The van der Waals surface area contributed by atoms with Crippen LogP contribution in [0.3, 0.4) is 0 Å². The van der Waals surface area contributed by atoms with Crippen molar-refractivity contribution in [1.82, 2.24) is 14.5 Å². The SMILES string of the molecule is CCSc1nc(=O)[nH]c(=O)n1Cc1ccc(F)cc1. The number of rotatable bonds is 4. The van der Waals surface area contributed by atoms with E-state index in [0.29, 0.717) is 10.9 Å². The van der Waals surface area contributed by atoms with Gasteiger partial charge in [-0.25, -0.2) is 14.0 Å². The predicted molar refractivity (Wildman–Crippen MR) is 71.0 cm³/mol. The van der Waals surface area contributed by atoms with Gasteiger partial charge in [-0.3, -0.25) is 9.55 Å². The van der Waals surface area contributed by atoms with Gasteiger partial charge in [-0.15, -0.1) is 0 Å². The van der Waals surface area contributed by atoms with Gasteiger partial charge in [0.1, 0.15) is 5.82 Å².